The number of carbonyl (C=O) groups excluding carboxylic acids is 1. The van der Waals surface area contributed by atoms with Gasteiger partial charge < -0.3 is 15.0 Å². The predicted molar refractivity (Wildman–Crippen MR) is 94.5 cm³/mol. The van der Waals surface area contributed by atoms with Crippen LogP contribution in [0.25, 0.3) is 0 Å². The van der Waals surface area contributed by atoms with Gasteiger partial charge in [-0.3, -0.25) is 9.78 Å². The van der Waals surface area contributed by atoms with Crippen LogP contribution in [0.2, 0.25) is 0 Å². The van der Waals surface area contributed by atoms with Crippen LogP contribution in [0.3, 0.4) is 0 Å². The van der Waals surface area contributed by atoms with Crippen molar-refractivity contribution in [2.45, 2.75) is 12.8 Å². The number of aromatic nitrogens is 1. The van der Waals surface area contributed by atoms with Gasteiger partial charge >= 0.3 is 0 Å². The molecule has 0 spiro atoms. The zero-order chi connectivity index (χ0) is 16.8. The number of piperidine rings is 1. The van der Waals surface area contributed by atoms with E-state index >= 15 is 0 Å². The Balaban J connectivity index is 1.47. The fourth-order valence-electron chi connectivity index (χ4n) is 3.05. The molecule has 1 aromatic heterocycles. The molecule has 5 nitrogen and oxygen atoms in total. The van der Waals surface area contributed by atoms with E-state index in [1.807, 2.05) is 42.7 Å². The van der Waals surface area contributed by atoms with E-state index in [9.17, 15) is 4.79 Å². The van der Waals surface area contributed by atoms with E-state index in [4.69, 9.17) is 4.74 Å². The number of hydrogen-bond acceptors (Lipinski definition) is 4. The Labute approximate surface area is 142 Å². The number of hydrogen-bond donors (Lipinski definition) is 1. The molecule has 126 valence electrons. The van der Waals surface area contributed by atoms with Crippen LogP contribution in [-0.2, 0) is 0 Å². The van der Waals surface area contributed by atoms with Gasteiger partial charge in [0.05, 0.1) is 7.11 Å². The quantitative estimate of drug-likeness (QED) is 0.918. The largest absolute Gasteiger partial charge is 0.497 e. The number of carbonyl (C=O) groups is 1. The second-order valence-electron chi connectivity index (χ2n) is 6.08. The second kappa shape index (κ2) is 7.81. The molecule has 0 unspecified atom stereocenters. The lowest BCUT2D eigenvalue weighted by molar-refractivity contribution is 0.0944. The van der Waals surface area contributed by atoms with Crippen molar-refractivity contribution in [3.05, 3.63) is 54.4 Å². The summed E-state index contributed by atoms with van der Waals surface area (Å²) in [6.45, 7) is 2.76. The Morgan fingerprint density at radius 2 is 2.00 bits per heavy atom. The summed E-state index contributed by atoms with van der Waals surface area (Å²) in [5.41, 5.74) is 1.87. The number of ether oxygens (including phenoxy) is 1. The number of anilines is 1. The molecule has 0 aliphatic carbocycles. The molecule has 1 aromatic carbocycles. The van der Waals surface area contributed by atoms with Gasteiger partial charge in [0.1, 0.15) is 5.75 Å². The van der Waals surface area contributed by atoms with Gasteiger partial charge in [-0.05, 0) is 49.1 Å². The lowest BCUT2D eigenvalue weighted by Crippen LogP contribution is -2.38. The van der Waals surface area contributed by atoms with Crippen LogP contribution in [-0.4, -0.2) is 37.6 Å². The van der Waals surface area contributed by atoms with E-state index in [1.165, 1.54) is 5.69 Å². The van der Waals surface area contributed by atoms with Gasteiger partial charge in [0.15, 0.2) is 0 Å². The lowest BCUT2D eigenvalue weighted by atomic mass is 9.96. The first-order valence-electron chi connectivity index (χ1n) is 8.33. The average molecular weight is 325 g/mol. The molecule has 24 heavy (non-hydrogen) atoms. The molecule has 2 heterocycles. The maximum Gasteiger partial charge on any atom is 0.251 e. The highest BCUT2D eigenvalue weighted by atomic mass is 16.5. The van der Waals surface area contributed by atoms with Gasteiger partial charge in [-0.2, -0.15) is 0 Å². The van der Waals surface area contributed by atoms with E-state index in [-0.39, 0.29) is 5.91 Å². The lowest BCUT2D eigenvalue weighted by Gasteiger charge is -2.33. The Hall–Kier alpha value is -2.56. The number of methoxy groups -OCH3 is 1. The highest BCUT2D eigenvalue weighted by molar-refractivity contribution is 5.94. The van der Waals surface area contributed by atoms with E-state index < -0.39 is 0 Å². The first kappa shape index (κ1) is 16.3. The first-order chi connectivity index (χ1) is 11.8. The van der Waals surface area contributed by atoms with E-state index in [0.29, 0.717) is 17.2 Å². The molecular formula is C19H23N3O2. The summed E-state index contributed by atoms with van der Waals surface area (Å²) in [6, 6.07) is 11.3. The first-order valence-corrected chi connectivity index (χ1v) is 8.33. The summed E-state index contributed by atoms with van der Waals surface area (Å²) < 4.78 is 5.16. The number of amides is 1. The van der Waals surface area contributed by atoms with Crippen molar-refractivity contribution < 1.29 is 9.53 Å². The minimum Gasteiger partial charge on any atom is -0.497 e. The average Bonchev–Trinajstić information content (AvgIpc) is 2.67. The van der Waals surface area contributed by atoms with Gasteiger partial charge in [-0.15, -0.1) is 0 Å². The number of nitrogens with zero attached hydrogens (tertiary/aromatic N) is 2. The van der Waals surface area contributed by atoms with E-state index in [1.54, 1.807) is 13.2 Å². The molecule has 1 aliphatic rings. The smallest absolute Gasteiger partial charge is 0.251 e. The van der Waals surface area contributed by atoms with Crippen molar-refractivity contribution in [2.24, 2.45) is 5.92 Å². The van der Waals surface area contributed by atoms with Crippen molar-refractivity contribution in [2.75, 3.05) is 31.6 Å². The number of pyridine rings is 1. The van der Waals surface area contributed by atoms with Gasteiger partial charge in [0.2, 0.25) is 0 Å². The van der Waals surface area contributed by atoms with Crippen molar-refractivity contribution in [1.82, 2.24) is 10.3 Å². The predicted octanol–water partition coefficient (Wildman–Crippen LogP) is 2.74. The molecule has 0 atom stereocenters. The van der Waals surface area contributed by atoms with Gasteiger partial charge in [0.25, 0.3) is 5.91 Å². The molecule has 1 amide bonds. The third kappa shape index (κ3) is 4.04. The Morgan fingerprint density at radius 3 is 2.71 bits per heavy atom. The zero-order valence-electron chi connectivity index (χ0n) is 13.9. The van der Waals surface area contributed by atoms with Crippen LogP contribution in [0.15, 0.2) is 48.8 Å². The molecule has 1 fully saturated rings. The highest BCUT2D eigenvalue weighted by Crippen LogP contribution is 2.22. The van der Waals surface area contributed by atoms with Crippen molar-refractivity contribution in [3.8, 4) is 5.75 Å². The van der Waals surface area contributed by atoms with Gasteiger partial charge in [0, 0.05) is 43.3 Å². The normalized spacial score (nSPS) is 15.1. The fourth-order valence-corrected chi connectivity index (χ4v) is 3.05. The molecule has 1 N–H and O–H groups in total. The molecule has 5 heteroatoms. The van der Waals surface area contributed by atoms with Crippen LogP contribution >= 0.6 is 0 Å². The van der Waals surface area contributed by atoms with Crippen molar-refractivity contribution in [3.63, 3.8) is 0 Å². The zero-order valence-corrected chi connectivity index (χ0v) is 13.9. The van der Waals surface area contributed by atoms with E-state index in [2.05, 4.69) is 15.2 Å². The summed E-state index contributed by atoms with van der Waals surface area (Å²) in [5, 5.41) is 3.05. The molecule has 1 aliphatic heterocycles. The van der Waals surface area contributed by atoms with E-state index in [0.717, 1.165) is 32.5 Å². The van der Waals surface area contributed by atoms with Crippen molar-refractivity contribution >= 4 is 11.6 Å². The Morgan fingerprint density at radius 1 is 1.25 bits per heavy atom. The Bertz CT molecular complexity index is 667. The Kier molecular flexibility index (Phi) is 5.31. The second-order valence-corrected chi connectivity index (χ2v) is 6.08. The van der Waals surface area contributed by atoms with Gasteiger partial charge in [-0.25, -0.2) is 0 Å². The SMILES string of the molecule is COc1cccc(C(=O)NCC2CCN(c3ccncc3)CC2)c1. The molecular weight excluding hydrogens is 302 g/mol. The van der Waals surface area contributed by atoms with Crippen molar-refractivity contribution in [1.29, 1.82) is 0 Å². The molecule has 0 radical (unpaired) electrons. The van der Waals surface area contributed by atoms with Crippen LogP contribution in [0, 0.1) is 5.92 Å². The topological polar surface area (TPSA) is 54.5 Å². The number of nitrogens with one attached hydrogen (secondary N) is 1. The summed E-state index contributed by atoms with van der Waals surface area (Å²) in [4.78, 5) is 18.7. The van der Waals surface area contributed by atoms with Crippen LogP contribution in [0.4, 0.5) is 5.69 Å². The minimum atomic E-state index is -0.0366. The van der Waals surface area contributed by atoms with Gasteiger partial charge in [-0.1, -0.05) is 6.07 Å². The fraction of sp³-hybridized carbons (Fsp3) is 0.368. The third-order valence-corrected chi connectivity index (χ3v) is 4.53. The van der Waals surface area contributed by atoms with Crippen LogP contribution in [0.5, 0.6) is 5.75 Å². The highest BCUT2D eigenvalue weighted by Gasteiger charge is 2.20. The summed E-state index contributed by atoms with van der Waals surface area (Å²) in [6.07, 6.45) is 5.83. The number of benzene rings is 1. The summed E-state index contributed by atoms with van der Waals surface area (Å²) >= 11 is 0. The standard InChI is InChI=1S/C19H23N3O2/c1-24-18-4-2-3-16(13-18)19(23)21-14-15-7-11-22(12-8-15)17-5-9-20-10-6-17/h2-6,9-10,13,15H,7-8,11-12,14H2,1H3,(H,21,23). The maximum atomic E-state index is 12.3. The van der Waals surface area contributed by atoms with Crippen LogP contribution < -0.4 is 15.0 Å². The molecule has 3 rings (SSSR count). The minimum absolute atomic E-state index is 0.0366. The number of rotatable bonds is 5. The monoisotopic (exact) mass is 325 g/mol. The molecule has 0 saturated carbocycles. The molecule has 1 saturated heterocycles. The molecule has 0 bridgehead atoms. The maximum absolute atomic E-state index is 12.3. The third-order valence-electron chi connectivity index (χ3n) is 4.53. The molecule has 2 aromatic rings. The van der Waals surface area contributed by atoms with Crippen LogP contribution in [0.1, 0.15) is 23.2 Å². The summed E-state index contributed by atoms with van der Waals surface area (Å²) in [7, 11) is 1.60. The summed E-state index contributed by atoms with van der Waals surface area (Å²) in [5.74, 6) is 1.19.